The van der Waals surface area contributed by atoms with Crippen molar-refractivity contribution in [2.45, 2.75) is 38.6 Å². The van der Waals surface area contributed by atoms with Crippen molar-refractivity contribution in [3.63, 3.8) is 0 Å². The minimum atomic E-state index is 0.278. The number of benzene rings is 1. The monoisotopic (exact) mass is 312 g/mol. The Labute approximate surface area is 135 Å². The number of fused-ring (bicyclic) bond motifs is 1. The SMILES string of the molecule is CC(C)Nc1nc(Nc2ccc3c(c2)OCO3)cc(C2CC2)n1. The molecule has 1 aromatic carbocycles. The molecule has 1 aliphatic heterocycles. The molecule has 0 unspecified atom stereocenters. The number of nitrogens with zero attached hydrogens (tertiary/aromatic N) is 2. The minimum absolute atomic E-state index is 0.278. The summed E-state index contributed by atoms with van der Waals surface area (Å²) in [5.74, 6) is 3.57. The lowest BCUT2D eigenvalue weighted by molar-refractivity contribution is 0.174. The van der Waals surface area contributed by atoms with Crippen LogP contribution in [0.25, 0.3) is 0 Å². The molecule has 2 aliphatic rings. The van der Waals surface area contributed by atoms with Crippen molar-refractivity contribution in [1.29, 1.82) is 0 Å². The first kappa shape index (κ1) is 14.1. The highest BCUT2D eigenvalue weighted by atomic mass is 16.7. The third-order valence-electron chi connectivity index (χ3n) is 3.80. The van der Waals surface area contributed by atoms with Gasteiger partial charge in [0.25, 0.3) is 0 Å². The van der Waals surface area contributed by atoms with E-state index in [0.717, 1.165) is 28.7 Å². The predicted molar refractivity (Wildman–Crippen MR) is 88.6 cm³/mol. The molecule has 0 atom stereocenters. The van der Waals surface area contributed by atoms with E-state index in [1.807, 2.05) is 24.3 Å². The van der Waals surface area contributed by atoms with Crippen LogP contribution < -0.4 is 20.1 Å². The van der Waals surface area contributed by atoms with Crippen LogP contribution in [-0.2, 0) is 0 Å². The van der Waals surface area contributed by atoms with Gasteiger partial charge in [-0.25, -0.2) is 4.98 Å². The molecule has 120 valence electrons. The van der Waals surface area contributed by atoms with Gasteiger partial charge in [-0.15, -0.1) is 0 Å². The van der Waals surface area contributed by atoms with E-state index in [1.165, 1.54) is 12.8 Å². The summed E-state index contributed by atoms with van der Waals surface area (Å²) >= 11 is 0. The van der Waals surface area contributed by atoms with Gasteiger partial charge >= 0.3 is 0 Å². The highest BCUT2D eigenvalue weighted by Crippen LogP contribution is 2.40. The van der Waals surface area contributed by atoms with E-state index in [0.29, 0.717) is 17.9 Å². The number of anilines is 3. The fraction of sp³-hybridized carbons (Fsp3) is 0.412. The highest BCUT2D eigenvalue weighted by molar-refractivity contribution is 5.63. The molecule has 2 aromatic rings. The van der Waals surface area contributed by atoms with Gasteiger partial charge in [0.2, 0.25) is 12.7 Å². The zero-order valence-electron chi connectivity index (χ0n) is 13.3. The maximum atomic E-state index is 5.42. The molecule has 0 radical (unpaired) electrons. The fourth-order valence-electron chi connectivity index (χ4n) is 2.56. The second kappa shape index (κ2) is 5.61. The Morgan fingerprint density at radius 3 is 2.70 bits per heavy atom. The number of rotatable bonds is 5. The number of aromatic nitrogens is 2. The first-order chi connectivity index (χ1) is 11.2. The molecule has 1 aliphatic carbocycles. The maximum absolute atomic E-state index is 5.42. The summed E-state index contributed by atoms with van der Waals surface area (Å²) in [5.41, 5.74) is 2.02. The van der Waals surface area contributed by atoms with Crippen LogP contribution in [0.4, 0.5) is 17.5 Å². The van der Waals surface area contributed by atoms with Crippen LogP contribution in [0.3, 0.4) is 0 Å². The van der Waals surface area contributed by atoms with Crippen LogP contribution in [0.1, 0.15) is 38.3 Å². The Morgan fingerprint density at radius 2 is 1.91 bits per heavy atom. The Bertz CT molecular complexity index is 729. The molecule has 2 N–H and O–H groups in total. The van der Waals surface area contributed by atoms with Crippen molar-refractivity contribution in [3.05, 3.63) is 30.0 Å². The van der Waals surface area contributed by atoms with Crippen molar-refractivity contribution in [3.8, 4) is 11.5 Å². The van der Waals surface area contributed by atoms with Gasteiger partial charge in [-0.2, -0.15) is 4.98 Å². The summed E-state index contributed by atoms with van der Waals surface area (Å²) in [4.78, 5) is 9.20. The van der Waals surface area contributed by atoms with E-state index < -0.39 is 0 Å². The Balaban J connectivity index is 1.61. The van der Waals surface area contributed by atoms with Crippen LogP contribution in [0.5, 0.6) is 11.5 Å². The van der Waals surface area contributed by atoms with E-state index in [-0.39, 0.29) is 6.79 Å². The lowest BCUT2D eigenvalue weighted by atomic mass is 10.2. The summed E-state index contributed by atoms with van der Waals surface area (Å²) in [5, 5.41) is 6.63. The smallest absolute Gasteiger partial charge is 0.231 e. The molecule has 6 heteroatoms. The van der Waals surface area contributed by atoms with Gasteiger partial charge < -0.3 is 20.1 Å². The Kier molecular flexibility index (Phi) is 3.44. The quantitative estimate of drug-likeness (QED) is 0.878. The third-order valence-corrected chi connectivity index (χ3v) is 3.80. The van der Waals surface area contributed by atoms with Crippen molar-refractivity contribution >= 4 is 17.5 Å². The first-order valence-corrected chi connectivity index (χ1v) is 7.99. The predicted octanol–water partition coefficient (Wildman–Crippen LogP) is 3.65. The summed E-state index contributed by atoms with van der Waals surface area (Å²) in [6.45, 7) is 4.44. The average Bonchev–Trinajstić information content (AvgIpc) is 3.25. The molecule has 23 heavy (non-hydrogen) atoms. The molecule has 0 bridgehead atoms. The van der Waals surface area contributed by atoms with E-state index in [9.17, 15) is 0 Å². The number of ether oxygens (including phenoxy) is 2. The fourth-order valence-corrected chi connectivity index (χ4v) is 2.56. The van der Waals surface area contributed by atoms with Gasteiger partial charge in [-0.1, -0.05) is 0 Å². The molecule has 6 nitrogen and oxygen atoms in total. The Hall–Kier alpha value is -2.50. The van der Waals surface area contributed by atoms with Gasteiger partial charge in [0.1, 0.15) is 5.82 Å². The highest BCUT2D eigenvalue weighted by Gasteiger charge is 2.26. The second-order valence-electron chi connectivity index (χ2n) is 6.27. The summed E-state index contributed by atoms with van der Waals surface area (Å²) in [6, 6.07) is 8.12. The summed E-state index contributed by atoms with van der Waals surface area (Å²) < 4.78 is 10.8. The molecule has 0 saturated heterocycles. The van der Waals surface area contributed by atoms with Gasteiger partial charge in [0.05, 0.1) is 5.69 Å². The van der Waals surface area contributed by atoms with Crippen molar-refractivity contribution in [1.82, 2.24) is 9.97 Å². The molecule has 0 amide bonds. The number of hydrogen-bond acceptors (Lipinski definition) is 6. The van der Waals surface area contributed by atoms with Crippen LogP contribution in [-0.4, -0.2) is 22.8 Å². The molecule has 0 spiro atoms. The van der Waals surface area contributed by atoms with E-state index in [2.05, 4.69) is 34.4 Å². The molecule has 1 fully saturated rings. The average molecular weight is 312 g/mol. The lowest BCUT2D eigenvalue weighted by Crippen LogP contribution is -2.14. The third kappa shape index (κ3) is 3.16. The lowest BCUT2D eigenvalue weighted by Gasteiger charge is -2.13. The van der Waals surface area contributed by atoms with Crippen molar-refractivity contribution < 1.29 is 9.47 Å². The van der Waals surface area contributed by atoms with Crippen LogP contribution in [0.2, 0.25) is 0 Å². The van der Waals surface area contributed by atoms with Crippen molar-refractivity contribution in [2.75, 3.05) is 17.4 Å². The number of nitrogens with one attached hydrogen (secondary N) is 2. The van der Waals surface area contributed by atoms with E-state index >= 15 is 0 Å². The van der Waals surface area contributed by atoms with Gasteiger partial charge in [-0.05, 0) is 38.8 Å². The number of hydrogen-bond donors (Lipinski definition) is 2. The van der Waals surface area contributed by atoms with Gasteiger partial charge in [0.15, 0.2) is 11.5 Å². The summed E-state index contributed by atoms with van der Waals surface area (Å²) in [7, 11) is 0. The normalized spacial score (nSPS) is 15.8. The standard InChI is InChI=1S/C17H20N4O2/c1-10(2)18-17-20-13(11-3-4-11)8-16(21-17)19-12-5-6-14-15(7-12)23-9-22-14/h5-8,10-11H,3-4,9H2,1-2H3,(H2,18,19,20,21). The zero-order chi connectivity index (χ0) is 15.8. The van der Waals surface area contributed by atoms with Crippen LogP contribution >= 0.6 is 0 Å². The van der Waals surface area contributed by atoms with E-state index in [4.69, 9.17) is 9.47 Å². The first-order valence-electron chi connectivity index (χ1n) is 7.99. The molecular formula is C17H20N4O2. The van der Waals surface area contributed by atoms with Crippen molar-refractivity contribution in [2.24, 2.45) is 0 Å². The topological polar surface area (TPSA) is 68.3 Å². The van der Waals surface area contributed by atoms with Crippen LogP contribution in [0.15, 0.2) is 24.3 Å². The maximum Gasteiger partial charge on any atom is 0.231 e. The van der Waals surface area contributed by atoms with Crippen LogP contribution in [0, 0.1) is 0 Å². The second-order valence-corrected chi connectivity index (χ2v) is 6.27. The minimum Gasteiger partial charge on any atom is -0.454 e. The van der Waals surface area contributed by atoms with Gasteiger partial charge in [-0.3, -0.25) is 0 Å². The molecule has 4 rings (SSSR count). The molecular weight excluding hydrogens is 292 g/mol. The van der Waals surface area contributed by atoms with Gasteiger partial charge in [0, 0.05) is 29.8 Å². The molecule has 1 saturated carbocycles. The zero-order valence-corrected chi connectivity index (χ0v) is 13.3. The Morgan fingerprint density at radius 1 is 1.09 bits per heavy atom. The van der Waals surface area contributed by atoms with E-state index in [1.54, 1.807) is 0 Å². The molecule has 1 aromatic heterocycles. The molecule has 2 heterocycles. The summed E-state index contributed by atoms with van der Waals surface area (Å²) in [6.07, 6.45) is 2.42. The largest absolute Gasteiger partial charge is 0.454 e.